The minimum atomic E-state index is -0.543. The summed E-state index contributed by atoms with van der Waals surface area (Å²) < 4.78 is 15.4. The molecular weight excluding hydrogens is 469 g/mol. The topological polar surface area (TPSA) is 79.3 Å². The fourth-order valence-corrected chi connectivity index (χ4v) is 3.62. The van der Waals surface area contributed by atoms with Crippen molar-refractivity contribution in [1.82, 2.24) is 19.8 Å². The van der Waals surface area contributed by atoms with Gasteiger partial charge in [0.2, 0.25) is 11.9 Å². The molecule has 0 unspecified atom stereocenters. The predicted octanol–water partition coefficient (Wildman–Crippen LogP) is 5.74. The van der Waals surface area contributed by atoms with E-state index in [-0.39, 0.29) is 29.5 Å². The van der Waals surface area contributed by atoms with Gasteiger partial charge in [-0.3, -0.25) is 14.7 Å². The molecule has 0 saturated carbocycles. The third-order valence-electron chi connectivity index (χ3n) is 4.90. The van der Waals surface area contributed by atoms with Crippen LogP contribution in [0, 0.1) is 11.7 Å². The lowest BCUT2D eigenvalue weighted by molar-refractivity contribution is -0.116. The fraction of sp³-hybridized carbons (Fsp3) is 0.346. The number of halogens is 2. The smallest absolute Gasteiger partial charge is 0.318 e. The molecule has 9 heteroatoms. The van der Waals surface area contributed by atoms with Gasteiger partial charge in [0.15, 0.2) is 0 Å². The molecule has 2 aromatic carbocycles. The Morgan fingerprint density at radius 3 is 2.43 bits per heavy atom. The van der Waals surface area contributed by atoms with Crippen LogP contribution < -0.4 is 10.6 Å². The second-order valence-corrected chi connectivity index (χ2v) is 10.2. The number of benzene rings is 2. The van der Waals surface area contributed by atoms with E-state index in [1.807, 2.05) is 65.0 Å². The highest BCUT2D eigenvalue weighted by atomic mass is 35.5. The number of nitrogens with zero attached hydrogens (tertiary/aromatic N) is 3. The Morgan fingerprint density at radius 2 is 1.83 bits per heavy atom. The van der Waals surface area contributed by atoms with Crippen LogP contribution in [0.4, 0.5) is 15.1 Å². The molecule has 1 aromatic heterocycles. The molecular formula is C26H31ClFN5O2. The van der Waals surface area contributed by atoms with E-state index in [4.69, 9.17) is 11.6 Å². The molecule has 0 aliphatic carbocycles. The molecule has 0 spiro atoms. The number of hydrogen-bond donors (Lipinski definition) is 2. The normalized spacial score (nSPS) is 11.4. The number of amides is 3. The van der Waals surface area contributed by atoms with E-state index in [0.717, 1.165) is 5.56 Å². The lowest BCUT2D eigenvalue weighted by Gasteiger charge is -2.29. The molecule has 0 fully saturated rings. The lowest BCUT2D eigenvalue weighted by atomic mass is 10.1. The van der Waals surface area contributed by atoms with Gasteiger partial charge >= 0.3 is 6.03 Å². The van der Waals surface area contributed by atoms with E-state index in [2.05, 4.69) is 15.6 Å². The highest BCUT2D eigenvalue weighted by Crippen LogP contribution is 2.26. The van der Waals surface area contributed by atoms with Gasteiger partial charge < -0.3 is 10.2 Å². The molecule has 7 nitrogen and oxygen atoms in total. The summed E-state index contributed by atoms with van der Waals surface area (Å²) in [6.07, 6.45) is 1.74. The average molecular weight is 500 g/mol. The summed E-state index contributed by atoms with van der Waals surface area (Å²) in [6, 6.07) is 13.4. The van der Waals surface area contributed by atoms with Gasteiger partial charge in [-0.15, -0.1) is 0 Å². The van der Waals surface area contributed by atoms with Crippen molar-refractivity contribution in [3.63, 3.8) is 0 Å². The van der Waals surface area contributed by atoms with Gasteiger partial charge in [-0.05, 0) is 44.9 Å². The van der Waals surface area contributed by atoms with Gasteiger partial charge in [-0.2, -0.15) is 0 Å². The molecule has 0 atom stereocenters. The first-order valence-corrected chi connectivity index (χ1v) is 11.8. The molecule has 0 aliphatic rings. The van der Waals surface area contributed by atoms with Crippen LogP contribution in [0.1, 0.15) is 34.6 Å². The van der Waals surface area contributed by atoms with Crippen LogP contribution in [0.15, 0.2) is 54.7 Å². The lowest BCUT2D eigenvalue weighted by Crippen LogP contribution is -2.51. The van der Waals surface area contributed by atoms with Crippen LogP contribution in [0.25, 0.3) is 16.9 Å². The second-order valence-electron chi connectivity index (χ2n) is 9.79. The van der Waals surface area contributed by atoms with E-state index in [9.17, 15) is 14.0 Å². The van der Waals surface area contributed by atoms with E-state index >= 15 is 0 Å². The van der Waals surface area contributed by atoms with Crippen molar-refractivity contribution in [1.29, 1.82) is 0 Å². The van der Waals surface area contributed by atoms with E-state index < -0.39 is 17.3 Å². The quantitative estimate of drug-likeness (QED) is 0.435. The molecule has 1 heterocycles. The third kappa shape index (κ3) is 7.29. The Labute approximate surface area is 210 Å². The molecule has 0 aliphatic heterocycles. The summed E-state index contributed by atoms with van der Waals surface area (Å²) >= 11 is 6.00. The minimum absolute atomic E-state index is 0.0447. The van der Waals surface area contributed by atoms with Crippen LogP contribution >= 0.6 is 11.6 Å². The number of carbonyl (C=O) groups excluding carboxylic acids is 2. The second kappa shape index (κ2) is 10.9. The molecule has 3 amide bonds. The maximum absolute atomic E-state index is 13.8. The predicted molar refractivity (Wildman–Crippen MR) is 137 cm³/mol. The van der Waals surface area contributed by atoms with Crippen LogP contribution in [0.2, 0.25) is 5.02 Å². The Bertz CT molecular complexity index is 1190. The number of urea groups is 1. The van der Waals surface area contributed by atoms with Crippen LogP contribution in [-0.4, -0.2) is 45.0 Å². The number of hydrogen-bond acceptors (Lipinski definition) is 3. The van der Waals surface area contributed by atoms with Gasteiger partial charge in [-0.25, -0.2) is 14.2 Å². The summed E-state index contributed by atoms with van der Waals surface area (Å²) in [7, 11) is 0. The number of rotatable bonds is 7. The first-order chi connectivity index (χ1) is 16.4. The molecule has 3 aromatic rings. The van der Waals surface area contributed by atoms with Crippen molar-refractivity contribution in [3.8, 4) is 16.9 Å². The van der Waals surface area contributed by atoms with Crippen molar-refractivity contribution >= 4 is 29.5 Å². The number of aromatic nitrogens is 2. The van der Waals surface area contributed by atoms with Crippen LogP contribution in [-0.2, 0) is 4.79 Å². The summed E-state index contributed by atoms with van der Waals surface area (Å²) in [4.78, 5) is 31.9. The summed E-state index contributed by atoms with van der Waals surface area (Å²) in [5, 5.41) is 5.67. The van der Waals surface area contributed by atoms with Gasteiger partial charge in [0.25, 0.3) is 0 Å². The van der Waals surface area contributed by atoms with Gasteiger partial charge in [-0.1, -0.05) is 55.8 Å². The highest BCUT2D eigenvalue weighted by molar-refractivity contribution is 6.30. The van der Waals surface area contributed by atoms with Crippen LogP contribution in [0.5, 0.6) is 0 Å². The van der Waals surface area contributed by atoms with Gasteiger partial charge in [0, 0.05) is 23.8 Å². The minimum Gasteiger partial charge on any atom is -0.333 e. The van der Waals surface area contributed by atoms with Gasteiger partial charge in [0.05, 0.1) is 16.4 Å². The Balaban J connectivity index is 1.90. The number of imidazole rings is 1. The largest absolute Gasteiger partial charge is 0.333 e. The highest BCUT2D eigenvalue weighted by Gasteiger charge is 2.23. The monoisotopic (exact) mass is 499 g/mol. The SMILES string of the molecule is CC(C)CN(CC(=O)Nc1nc(-c2ccccc2)cn1-c1ccc(F)c(Cl)c1)C(=O)NC(C)(C)C. The Morgan fingerprint density at radius 1 is 1.14 bits per heavy atom. The molecule has 3 rings (SSSR count). The zero-order chi connectivity index (χ0) is 25.8. The first kappa shape index (κ1) is 26.2. The van der Waals surface area contributed by atoms with Crippen molar-refractivity contribution in [2.75, 3.05) is 18.4 Å². The molecule has 35 heavy (non-hydrogen) atoms. The van der Waals surface area contributed by atoms with Crippen LogP contribution in [0.3, 0.4) is 0 Å². The Kier molecular flexibility index (Phi) is 8.17. The zero-order valence-electron chi connectivity index (χ0n) is 20.6. The standard InChI is InChI=1S/C26H31ClFN5O2/c1-17(2)14-32(25(35)31-26(3,4)5)16-23(34)30-24-29-22(18-9-7-6-8-10-18)15-33(24)19-11-12-21(28)20(27)13-19/h6-13,15,17H,14,16H2,1-5H3,(H,31,35)(H,29,30,34). The van der Waals surface area contributed by atoms with E-state index in [1.54, 1.807) is 16.8 Å². The number of nitrogens with one attached hydrogen (secondary N) is 2. The summed E-state index contributed by atoms with van der Waals surface area (Å²) in [6.45, 7) is 9.86. The fourth-order valence-electron chi connectivity index (χ4n) is 3.45. The third-order valence-corrected chi connectivity index (χ3v) is 5.19. The van der Waals surface area contributed by atoms with Crippen molar-refractivity contribution < 1.29 is 14.0 Å². The first-order valence-electron chi connectivity index (χ1n) is 11.4. The molecule has 0 saturated heterocycles. The van der Waals surface area contributed by atoms with Crippen molar-refractivity contribution in [2.24, 2.45) is 5.92 Å². The Hall–Kier alpha value is -3.39. The number of carbonyl (C=O) groups is 2. The molecule has 2 N–H and O–H groups in total. The summed E-state index contributed by atoms with van der Waals surface area (Å²) in [5.74, 6) is -0.549. The zero-order valence-corrected chi connectivity index (χ0v) is 21.4. The molecule has 0 radical (unpaired) electrons. The van der Waals surface area contributed by atoms with E-state index in [0.29, 0.717) is 17.9 Å². The average Bonchev–Trinajstić information content (AvgIpc) is 3.18. The summed E-state index contributed by atoms with van der Waals surface area (Å²) in [5.41, 5.74) is 1.56. The van der Waals surface area contributed by atoms with Crippen molar-refractivity contribution in [3.05, 3.63) is 65.6 Å². The maximum atomic E-state index is 13.8. The maximum Gasteiger partial charge on any atom is 0.318 e. The van der Waals surface area contributed by atoms with E-state index in [1.165, 1.54) is 17.0 Å². The van der Waals surface area contributed by atoms with Crippen molar-refractivity contribution in [2.45, 2.75) is 40.2 Å². The molecule has 186 valence electrons. The number of anilines is 1. The van der Waals surface area contributed by atoms with Gasteiger partial charge in [0.1, 0.15) is 12.4 Å². The molecule has 0 bridgehead atoms.